The van der Waals surface area contributed by atoms with Crippen LogP contribution in [0.15, 0.2) is 0 Å². The van der Waals surface area contributed by atoms with Crippen molar-refractivity contribution in [2.24, 2.45) is 5.73 Å². The zero-order chi connectivity index (χ0) is 10.6. The standard InChI is InChI=1S/C9H18N2O3/c1-2-7(12)5-11-3-4-14-8(6-11)9(10)13/h7-8,12H,2-6H2,1H3,(H2,10,13). The summed E-state index contributed by atoms with van der Waals surface area (Å²) in [4.78, 5) is 12.9. The van der Waals surface area contributed by atoms with Crippen molar-refractivity contribution in [1.82, 2.24) is 4.90 Å². The van der Waals surface area contributed by atoms with E-state index >= 15 is 0 Å². The fourth-order valence-corrected chi connectivity index (χ4v) is 1.47. The highest BCUT2D eigenvalue weighted by atomic mass is 16.5. The first-order valence-corrected chi connectivity index (χ1v) is 4.94. The van der Waals surface area contributed by atoms with Crippen molar-refractivity contribution in [1.29, 1.82) is 0 Å². The number of nitrogens with zero attached hydrogens (tertiary/aromatic N) is 1. The Labute approximate surface area is 83.8 Å². The predicted molar refractivity (Wildman–Crippen MR) is 51.7 cm³/mol. The molecular weight excluding hydrogens is 184 g/mol. The van der Waals surface area contributed by atoms with Gasteiger partial charge in [-0.15, -0.1) is 0 Å². The topological polar surface area (TPSA) is 75.8 Å². The molecule has 2 atom stereocenters. The number of aliphatic hydroxyl groups is 1. The molecule has 0 radical (unpaired) electrons. The number of aliphatic hydroxyl groups excluding tert-OH is 1. The first-order chi connectivity index (χ1) is 6.63. The molecule has 1 aliphatic heterocycles. The van der Waals surface area contributed by atoms with Gasteiger partial charge in [0.05, 0.1) is 12.7 Å². The molecular formula is C9H18N2O3. The van der Waals surface area contributed by atoms with Gasteiger partial charge in [-0.1, -0.05) is 6.92 Å². The molecule has 0 aromatic heterocycles. The molecule has 1 amide bonds. The highest BCUT2D eigenvalue weighted by molar-refractivity contribution is 5.79. The smallest absolute Gasteiger partial charge is 0.247 e. The average molecular weight is 202 g/mol. The molecule has 0 aliphatic carbocycles. The lowest BCUT2D eigenvalue weighted by Gasteiger charge is -2.32. The second kappa shape index (κ2) is 5.29. The minimum absolute atomic E-state index is 0.332. The first kappa shape index (κ1) is 11.4. The summed E-state index contributed by atoms with van der Waals surface area (Å²) < 4.78 is 5.19. The van der Waals surface area contributed by atoms with Crippen molar-refractivity contribution in [3.63, 3.8) is 0 Å². The Bertz CT molecular complexity index is 198. The Kier molecular flexibility index (Phi) is 4.31. The quantitative estimate of drug-likeness (QED) is 0.609. The van der Waals surface area contributed by atoms with Crippen LogP contribution in [0.3, 0.4) is 0 Å². The third-order valence-electron chi connectivity index (χ3n) is 2.41. The molecule has 82 valence electrons. The van der Waals surface area contributed by atoms with Crippen LogP contribution < -0.4 is 5.73 Å². The summed E-state index contributed by atoms with van der Waals surface area (Å²) in [6, 6.07) is 0. The van der Waals surface area contributed by atoms with Gasteiger partial charge in [-0.05, 0) is 6.42 Å². The van der Waals surface area contributed by atoms with Crippen LogP contribution in [0, 0.1) is 0 Å². The molecule has 0 saturated carbocycles. The molecule has 0 aromatic rings. The van der Waals surface area contributed by atoms with Crippen molar-refractivity contribution < 1.29 is 14.6 Å². The molecule has 1 rings (SSSR count). The molecule has 1 fully saturated rings. The van der Waals surface area contributed by atoms with Crippen molar-refractivity contribution in [2.75, 3.05) is 26.2 Å². The molecule has 2 unspecified atom stereocenters. The second-order valence-electron chi connectivity index (χ2n) is 3.58. The van der Waals surface area contributed by atoms with Crippen LogP contribution in [-0.4, -0.2) is 54.4 Å². The third-order valence-corrected chi connectivity index (χ3v) is 2.41. The Morgan fingerprint density at radius 2 is 2.50 bits per heavy atom. The van der Waals surface area contributed by atoms with Crippen LogP contribution in [0.5, 0.6) is 0 Å². The Balaban J connectivity index is 2.36. The maximum absolute atomic E-state index is 10.9. The summed E-state index contributed by atoms with van der Waals surface area (Å²) in [6.07, 6.45) is -0.132. The van der Waals surface area contributed by atoms with Crippen molar-refractivity contribution in [3.05, 3.63) is 0 Å². The van der Waals surface area contributed by atoms with Gasteiger partial charge in [-0.2, -0.15) is 0 Å². The van der Waals surface area contributed by atoms with Gasteiger partial charge < -0.3 is 15.6 Å². The lowest BCUT2D eigenvalue weighted by molar-refractivity contribution is -0.135. The summed E-state index contributed by atoms with van der Waals surface area (Å²) in [5.74, 6) is -0.430. The van der Waals surface area contributed by atoms with Crippen molar-refractivity contribution in [3.8, 4) is 0 Å². The Morgan fingerprint density at radius 3 is 3.07 bits per heavy atom. The van der Waals surface area contributed by atoms with E-state index in [4.69, 9.17) is 10.5 Å². The van der Waals surface area contributed by atoms with Crippen LogP contribution >= 0.6 is 0 Å². The van der Waals surface area contributed by atoms with Gasteiger partial charge in [0.2, 0.25) is 5.91 Å². The fourth-order valence-electron chi connectivity index (χ4n) is 1.47. The normalized spacial score (nSPS) is 26.0. The number of morpholine rings is 1. The molecule has 14 heavy (non-hydrogen) atoms. The molecule has 5 heteroatoms. The van der Waals surface area contributed by atoms with E-state index in [0.29, 0.717) is 19.7 Å². The summed E-state index contributed by atoms with van der Waals surface area (Å²) in [5, 5.41) is 9.44. The second-order valence-corrected chi connectivity index (χ2v) is 3.58. The lowest BCUT2D eigenvalue weighted by Crippen LogP contribution is -2.50. The molecule has 1 saturated heterocycles. The van der Waals surface area contributed by atoms with E-state index < -0.39 is 12.0 Å². The number of nitrogens with two attached hydrogens (primary N) is 1. The summed E-state index contributed by atoms with van der Waals surface area (Å²) in [6.45, 7) is 4.26. The number of amides is 1. The van der Waals surface area contributed by atoms with Crippen LogP contribution in [0.1, 0.15) is 13.3 Å². The number of carbonyl (C=O) groups excluding carboxylic acids is 1. The van der Waals surface area contributed by atoms with E-state index in [1.54, 1.807) is 0 Å². The van der Waals surface area contributed by atoms with Gasteiger partial charge in [-0.3, -0.25) is 9.69 Å². The third kappa shape index (κ3) is 3.25. The number of β-amino-alcohol motifs (C(OH)–C–C–N with tert-alkyl or cyclic N) is 1. The van der Waals surface area contributed by atoms with Crippen molar-refractivity contribution in [2.45, 2.75) is 25.6 Å². The molecule has 3 N–H and O–H groups in total. The van der Waals surface area contributed by atoms with E-state index in [2.05, 4.69) is 0 Å². The lowest BCUT2D eigenvalue weighted by atomic mass is 10.2. The molecule has 1 heterocycles. The van der Waals surface area contributed by atoms with Crippen LogP contribution in [0.25, 0.3) is 0 Å². The Hall–Kier alpha value is -0.650. The van der Waals surface area contributed by atoms with Gasteiger partial charge in [0.1, 0.15) is 6.10 Å². The number of primary amides is 1. The number of hydrogen-bond acceptors (Lipinski definition) is 4. The highest BCUT2D eigenvalue weighted by Crippen LogP contribution is 2.06. The van der Waals surface area contributed by atoms with Crippen LogP contribution in [0.2, 0.25) is 0 Å². The molecule has 0 bridgehead atoms. The predicted octanol–water partition coefficient (Wildman–Crippen LogP) is -1.06. The van der Waals surface area contributed by atoms with E-state index in [0.717, 1.165) is 13.0 Å². The fraction of sp³-hybridized carbons (Fsp3) is 0.889. The van der Waals surface area contributed by atoms with Crippen LogP contribution in [-0.2, 0) is 9.53 Å². The Morgan fingerprint density at radius 1 is 1.79 bits per heavy atom. The number of ether oxygens (including phenoxy) is 1. The molecule has 1 aliphatic rings. The SMILES string of the molecule is CCC(O)CN1CCOC(C(N)=O)C1. The van der Waals surface area contributed by atoms with E-state index in [9.17, 15) is 9.90 Å². The maximum Gasteiger partial charge on any atom is 0.247 e. The number of rotatable bonds is 4. The molecule has 5 nitrogen and oxygen atoms in total. The van der Waals surface area contributed by atoms with E-state index in [-0.39, 0.29) is 6.10 Å². The van der Waals surface area contributed by atoms with Gasteiger partial charge in [-0.25, -0.2) is 0 Å². The summed E-state index contributed by atoms with van der Waals surface area (Å²) in [7, 11) is 0. The van der Waals surface area contributed by atoms with Crippen molar-refractivity contribution >= 4 is 5.91 Å². The van der Waals surface area contributed by atoms with Gasteiger partial charge >= 0.3 is 0 Å². The minimum atomic E-state index is -0.521. The number of hydrogen-bond donors (Lipinski definition) is 2. The summed E-state index contributed by atoms with van der Waals surface area (Å²) in [5.41, 5.74) is 5.14. The largest absolute Gasteiger partial charge is 0.392 e. The van der Waals surface area contributed by atoms with Gasteiger partial charge in [0.15, 0.2) is 0 Å². The zero-order valence-corrected chi connectivity index (χ0v) is 8.48. The minimum Gasteiger partial charge on any atom is -0.392 e. The number of carbonyl (C=O) groups is 1. The van der Waals surface area contributed by atoms with E-state index in [1.165, 1.54) is 0 Å². The molecule has 0 aromatic carbocycles. The average Bonchev–Trinajstić information content (AvgIpc) is 2.18. The van der Waals surface area contributed by atoms with Gasteiger partial charge in [0.25, 0.3) is 0 Å². The first-order valence-electron chi connectivity index (χ1n) is 4.94. The monoisotopic (exact) mass is 202 g/mol. The van der Waals surface area contributed by atoms with E-state index in [1.807, 2.05) is 11.8 Å². The zero-order valence-electron chi connectivity index (χ0n) is 8.48. The van der Waals surface area contributed by atoms with Gasteiger partial charge in [0, 0.05) is 19.6 Å². The molecule has 0 spiro atoms. The maximum atomic E-state index is 10.9. The summed E-state index contributed by atoms with van der Waals surface area (Å²) >= 11 is 0. The highest BCUT2D eigenvalue weighted by Gasteiger charge is 2.25. The van der Waals surface area contributed by atoms with Crippen LogP contribution in [0.4, 0.5) is 0 Å².